The molecule has 0 radical (unpaired) electrons. The fourth-order valence-electron chi connectivity index (χ4n) is 2.40. The van der Waals surface area contributed by atoms with Gasteiger partial charge in [-0.25, -0.2) is 0 Å². The van der Waals surface area contributed by atoms with Crippen LogP contribution in [0.3, 0.4) is 0 Å². The van der Waals surface area contributed by atoms with Crippen molar-refractivity contribution in [2.45, 2.75) is 32.9 Å². The third-order valence-electron chi connectivity index (χ3n) is 3.66. The molecule has 1 aromatic carbocycles. The van der Waals surface area contributed by atoms with Gasteiger partial charge < -0.3 is 16.4 Å². The lowest BCUT2D eigenvalue weighted by atomic mass is 10.0. The summed E-state index contributed by atoms with van der Waals surface area (Å²) in [6, 6.07) is 10.1. The second-order valence-electron chi connectivity index (χ2n) is 6.34. The molecule has 0 saturated carbocycles. The topological polar surface area (TPSA) is 97.1 Å². The number of aromatic nitrogens is 1. The van der Waals surface area contributed by atoms with Gasteiger partial charge in [-0.15, -0.1) is 0 Å². The Hall–Kier alpha value is -2.73. The summed E-state index contributed by atoms with van der Waals surface area (Å²) >= 11 is 0. The number of nitrogens with two attached hydrogens (primary N) is 1. The van der Waals surface area contributed by atoms with Crippen LogP contribution >= 0.6 is 0 Å². The summed E-state index contributed by atoms with van der Waals surface area (Å²) in [5.41, 5.74) is 7.96. The molecule has 6 heteroatoms. The zero-order valence-electron chi connectivity index (χ0n) is 14.5. The summed E-state index contributed by atoms with van der Waals surface area (Å²) in [7, 11) is 0. The third-order valence-corrected chi connectivity index (χ3v) is 3.66. The normalized spacial score (nSPS) is 11.8. The highest BCUT2D eigenvalue weighted by Crippen LogP contribution is 2.12. The number of nitrogens with one attached hydrogen (secondary N) is 2. The molecule has 0 aliphatic rings. The maximum absolute atomic E-state index is 12.2. The van der Waals surface area contributed by atoms with E-state index in [1.807, 2.05) is 32.0 Å². The lowest BCUT2D eigenvalue weighted by molar-refractivity contribution is -0.122. The molecule has 2 rings (SSSR count). The first-order chi connectivity index (χ1) is 12.0. The zero-order valence-corrected chi connectivity index (χ0v) is 14.5. The van der Waals surface area contributed by atoms with Gasteiger partial charge in [0.05, 0.1) is 6.04 Å². The Kier molecular flexibility index (Phi) is 6.65. The van der Waals surface area contributed by atoms with Crippen LogP contribution in [0.4, 0.5) is 5.69 Å². The Morgan fingerprint density at radius 2 is 1.88 bits per heavy atom. The van der Waals surface area contributed by atoms with E-state index in [1.54, 1.807) is 30.6 Å². The first kappa shape index (κ1) is 18.6. The minimum absolute atomic E-state index is 0.167. The molecule has 6 nitrogen and oxygen atoms in total. The predicted molar refractivity (Wildman–Crippen MR) is 97.9 cm³/mol. The number of carbonyl (C=O) groups excluding carboxylic acids is 2. The molecule has 0 fully saturated rings. The Morgan fingerprint density at radius 3 is 2.56 bits per heavy atom. The minimum atomic E-state index is -0.505. The number of benzene rings is 1. The quantitative estimate of drug-likeness (QED) is 0.720. The molecule has 0 aliphatic carbocycles. The van der Waals surface area contributed by atoms with Crippen LogP contribution in [0.15, 0.2) is 48.8 Å². The van der Waals surface area contributed by atoms with Crippen LogP contribution in [0.1, 0.15) is 36.2 Å². The van der Waals surface area contributed by atoms with E-state index in [0.717, 1.165) is 5.56 Å². The number of rotatable bonds is 7. The van der Waals surface area contributed by atoms with E-state index in [9.17, 15) is 9.59 Å². The third kappa shape index (κ3) is 6.00. The lowest BCUT2D eigenvalue weighted by Crippen LogP contribution is -2.41. The summed E-state index contributed by atoms with van der Waals surface area (Å²) in [4.78, 5) is 28.0. The van der Waals surface area contributed by atoms with E-state index < -0.39 is 6.04 Å². The van der Waals surface area contributed by atoms with Crippen LogP contribution in [-0.4, -0.2) is 22.8 Å². The first-order valence-electron chi connectivity index (χ1n) is 8.29. The van der Waals surface area contributed by atoms with Crippen LogP contribution in [0.2, 0.25) is 0 Å². The Bertz CT molecular complexity index is 716. The molecule has 25 heavy (non-hydrogen) atoms. The fourth-order valence-corrected chi connectivity index (χ4v) is 2.40. The lowest BCUT2D eigenvalue weighted by Gasteiger charge is -2.14. The van der Waals surface area contributed by atoms with Crippen molar-refractivity contribution in [3.63, 3.8) is 0 Å². The van der Waals surface area contributed by atoms with E-state index in [-0.39, 0.29) is 11.8 Å². The van der Waals surface area contributed by atoms with Crippen LogP contribution in [0.25, 0.3) is 0 Å². The number of carbonyl (C=O) groups is 2. The molecule has 1 aromatic heterocycles. The van der Waals surface area contributed by atoms with Gasteiger partial charge in [0.1, 0.15) is 0 Å². The molecule has 0 spiro atoms. The van der Waals surface area contributed by atoms with Crippen molar-refractivity contribution in [2.75, 3.05) is 5.32 Å². The average Bonchev–Trinajstić information content (AvgIpc) is 2.60. The summed E-state index contributed by atoms with van der Waals surface area (Å²) in [6.45, 7) is 4.42. The number of anilines is 1. The number of nitrogens with zero attached hydrogens (tertiary/aromatic N) is 1. The number of hydrogen-bond acceptors (Lipinski definition) is 4. The monoisotopic (exact) mass is 340 g/mol. The molecular weight excluding hydrogens is 316 g/mol. The smallest absolute Gasteiger partial charge is 0.255 e. The zero-order chi connectivity index (χ0) is 18.2. The highest BCUT2D eigenvalue weighted by molar-refractivity contribution is 6.04. The standard InChI is InChI=1S/C19H24N4O2/c1-13(2)10-17(20)19(25)22-12-14-4-3-5-16(11-14)23-18(24)15-6-8-21-9-7-15/h3-9,11,13,17H,10,12,20H2,1-2H3,(H,22,25)(H,23,24)/t17-/m0/s1. The largest absolute Gasteiger partial charge is 0.351 e. The van der Waals surface area contributed by atoms with Crippen LogP contribution in [0.5, 0.6) is 0 Å². The SMILES string of the molecule is CC(C)C[C@H](N)C(=O)NCc1cccc(NC(=O)c2ccncc2)c1. The van der Waals surface area contributed by atoms with E-state index in [0.29, 0.717) is 30.1 Å². The van der Waals surface area contributed by atoms with Crippen molar-refractivity contribution in [3.05, 3.63) is 59.9 Å². The van der Waals surface area contributed by atoms with Crippen LogP contribution in [0, 0.1) is 5.92 Å². The second kappa shape index (κ2) is 8.94. The summed E-state index contributed by atoms with van der Waals surface area (Å²) < 4.78 is 0. The molecule has 0 unspecified atom stereocenters. The number of amides is 2. The molecule has 132 valence electrons. The van der Waals surface area contributed by atoms with Gasteiger partial charge in [0.2, 0.25) is 5.91 Å². The highest BCUT2D eigenvalue weighted by atomic mass is 16.2. The molecule has 4 N–H and O–H groups in total. The fraction of sp³-hybridized carbons (Fsp3) is 0.316. The van der Waals surface area contributed by atoms with E-state index in [1.165, 1.54) is 0 Å². The summed E-state index contributed by atoms with van der Waals surface area (Å²) in [6.07, 6.45) is 3.79. The minimum Gasteiger partial charge on any atom is -0.351 e. The van der Waals surface area contributed by atoms with Crippen molar-refractivity contribution in [2.24, 2.45) is 11.7 Å². The van der Waals surface area contributed by atoms with Crippen molar-refractivity contribution >= 4 is 17.5 Å². The summed E-state index contributed by atoms with van der Waals surface area (Å²) in [5, 5.41) is 5.66. The van der Waals surface area contributed by atoms with Crippen molar-refractivity contribution in [1.29, 1.82) is 0 Å². The molecule has 1 heterocycles. The van der Waals surface area contributed by atoms with Gasteiger partial charge in [0.25, 0.3) is 5.91 Å². The predicted octanol–water partition coefficient (Wildman–Crippen LogP) is 2.32. The highest BCUT2D eigenvalue weighted by Gasteiger charge is 2.14. The molecule has 1 atom stereocenters. The molecule has 2 amide bonds. The first-order valence-corrected chi connectivity index (χ1v) is 8.29. The van der Waals surface area contributed by atoms with Crippen molar-refractivity contribution in [3.8, 4) is 0 Å². The van der Waals surface area contributed by atoms with Gasteiger partial charge in [-0.2, -0.15) is 0 Å². The van der Waals surface area contributed by atoms with Crippen LogP contribution in [-0.2, 0) is 11.3 Å². The van der Waals surface area contributed by atoms with Gasteiger partial charge >= 0.3 is 0 Å². The van der Waals surface area contributed by atoms with E-state index in [2.05, 4.69) is 15.6 Å². The maximum Gasteiger partial charge on any atom is 0.255 e. The average molecular weight is 340 g/mol. The Morgan fingerprint density at radius 1 is 1.16 bits per heavy atom. The van der Waals surface area contributed by atoms with Crippen molar-refractivity contribution in [1.82, 2.24) is 10.3 Å². The van der Waals surface area contributed by atoms with Gasteiger partial charge in [-0.05, 0) is 42.2 Å². The second-order valence-corrected chi connectivity index (χ2v) is 6.34. The molecular formula is C19H24N4O2. The van der Waals surface area contributed by atoms with Crippen LogP contribution < -0.4 is 16.4 Å². The Balaban J connectivity index is 1.93. The van der Waals surface area contributed by atoms with Gasteiger partial charge in [0.15, 0.2) is 0 Å². The van der Waals surface area contributed by atoms with Gasteiger partial charge in [-0.3, -0.25) is 14.6 Å². The number of pyridine rings is 1. The van der Waals surface area contributed by atoms with E-state index >= 15 is 0 Å². The molecule has 2 aromatic rings. The molecule has 0 aliphatic heterocycles. The van der Waals surface area contributed by atoms with E-state index in [4.69, 9.17) is 5.73 Å². The molecule has 0 bridgehead atoms. The maximum atomic E-state index is 12.2. The van der Waals surface area contributed by atoms with Crippen molar-refractivity contribution < 1.29 is 9.59 Å². The Labute approximate surface area is 147 Å². The number of hydrogen-bond donors (Lipinski definition) is 3. The summed E-state index contributed by atoms with van der Waals surface area (Å²) in [5.74, 6) is -0.00468. The van der Waals surface area contributed by atoms with Gasteiger partial charge in [0, 0.05) is 30.2 Å². The van der Waals surface area contributed by atoms with Gasteiger partial charge in [-0.1, -0.05) is 26.0 Å². The molecule has 0 saturated heterocycles.